The van der Waals surface area contributed by atoms with Gasteiger partial charge in [0.25, 0.3) is 5.91 Å². The van der Waals surface area contributed by atoms with Gasteiger partial charge in [-0.05, 0) is 18.2 Å². The van der Waals surface area contributed by atoms with Crippen molar-refractivity contribution in [1.29, 1.82) is 0 Å². The highest BCUT2D eigenvalue weighted by atomic mass is 35.5. The van der Waals surface area contributed by atoms with Crippen LogP contribution in [0.2, 0.25) is 15.2 Å². The smallest absolute Gasteiger partial charge is 0.291 e. The van der Waals surface area contributed by atoms with Crippen LogP contribution in [0.15, 0.2) is 23.3 Å². The van der Waals surface area contributed by atoms with E-state index in [1.165, 1.54) is 25.5 Å². The van der Waals surface area contributed by atoms with Crippen LogP contribution in [0.25, 0.3) is 0 Å². The minimum atomic E-state index is -0.746. The largest absolute Gasteiger partial charge is 0.507 e. The number of hydrazone groups is 1. The number of nitrogens with zero attached hydrogens (tertiary/aromatic N) is 2. The van der Waals surface area contributed by atoms with Crippen molar-refractivity contribution < 1.29 is 14.6 Å². The molecule has 7 nitrogen and oxygen atoms in total. The van der Waals surface area contributed by atoms with E-state index >= 15 is 0 Å². The van der Waals surface area contributed by atoms with Crippen LogP contribution in [-0.2, 0) is 0 Å². The zero-order chi connectivity index (χ0) is 17.9. The summed E-state index contributed by atoms with van der Waals surface area (Å²) < 4.78 is 5.03. The molecule has 2 rings (SSSR count). The number of pyridine rings is 1. The standard InChI is InChI=1S/C14H11Cl3N4O3/c1-24-7-2-3-8(22)6(4-7)5-19-21-14(23)12-9(15)11(18)10(16)13(17)20-12/h2-5,22H,1H3,(H2,18,20)(H,21,23)/b19-5+. The van der Waals surface area contributed by atoms with E-state index in [1.54, 1.807) is 6.07 Å². The normalized spacial score (nSPS) is 10.8. The number of methoxy groups -OCH3 is 1. The fraction of sp³-hybridized carbons (Fsp3) is 0.0714. The Kier molecular flexibility index (Phi) is 5.71. The molecule has 0 saturated heterocycles. The summed E-state index contributed by atoms with van der Waals surface area (Å²) in [7, 11) is 1.48. The van der Waals surface area contributed by atoms with E-state index < -0.39 is 5.91 Å². The molecule has 4 N–H and O–H groups in total. The number of amides is 1. The van der Waals surface area contributed by atoms with E-state index in [-0.39, 0.29) is 32.3 Å². The van der Waals surface area contributed by atoms with E-state index in [0.29, 0.717) is 11.3 Å². The summed E-state index contributed by atoms with van der Waals surface area (Å²) >= 11 is 17.5. The summed E-state index contributed by atoms with van der Waals surface area (Å²) in [5, 5.41) is 13.1. The van der Waals surface area contributed by atoms with Crippen molar-refractivity contribution in [3.05, 3.63) is 44.7 Å². The van der Waals surface area contributed by atoms with E-state index in [1.807, 2.05) is 0 Å². The average Bonchev–Trinajstić information content (AvgIpc) is 2.57. The quantitative estimate of drug-likeness (QED) is 0.423. The average molecular weight is 390 g/mol. The van der Waals surface area contributed by atoms with Crippen LogP contribution in [0.4, 0.5) is 5.69 Å². The summed E-state index contributed by atoms with van der Waals surface area (Å²) in [6, 6.07) is 4.54. The lowest BCUT2D eigenvalue weighted by atomic mass is 10.2. The number of phenolic OH excluding ortho intramolecular Hbond substituents is 1. The number of benzene rings is 1. The third-order valence-corrected chi connectivity index (χ3v) is 4.03. The van der Waals surface area contributed by atoms with Crippen molar-refractivity contribution in [3.8, 4) is 11.5 Å². The Morgan fingerprint density at radius 2 is 2.08 bits per heavy atom. The zero-order valence-corrected chi connectivity index (χ0v) is 14.4. The molecule has 0 radical (unpaired) electrons. The number of nitrogens with one attached hydrogen (secondary N) is 1. The third-order valence-electron chi connectivity index (χ3n) is 2.89. The first-order chi connectivity index (χ1) is 11.3. The molecule has 0 unspecified atom stereocenters. The molecule has 0 aliphatic carbocycles. The molecule has 0 spiro atoms. The highest BCUT2D eigenvalue weighted by Gasteiger charge is 2.19. The van der Waals surface area contributed by atoms with Gasteiger partial charge in [0.15, 0.2) is 10.8 Å². The van der Waals surface area contributed by atoms with Gasteiger partial charge in [-0.25, -0.2) is 10.4 Å². The van der Waals surface area contributed by atoms with Crippen LogP contribution in [0.3, 0.4) is 0 Å². The van der Waals surface area contributed by atoms with Crippen LogP contribution >= 0.6 is 34.8 Å². The minimum Gasteiger partial charge on any atom is -0.507 e. The zero-order valence-electron chi connectivity index (χ0n) is 12.2. The number of hydrogen-bond acceptors (Lipinski definition) is 6. The number of nitrogens with two attached hydrogens (primary N) is 1. The number of aromatic hydroxyl groups is 1. The molecule has 10 heteroatoms. The van der Waals surface area contributed by atoms with Gasteiger partial charge in [-0.2, -0.15) is 5.10 Å². The van der Waals surface area contributed by atoms with Crippen molar-refractivity contribution in [2.45, 2.75) is 0 Å². The number of ether oxygens (including phenoxy) is 1. The predicted octanol–water partition coefficient (Wildman–Crippen LogP) is 3.10. The molecular formula is C14H11Cl3N4O3. The van der Waals surface area contributed by atoms with E-state index in [0.717, 1.165) is 0 Å². The number of nitrogen functional groups attached to an aromatic ring is 1. The van der Waals surface area contributed by atoms with Gasteiger partial charge >= 0.3 is 0 Å². The molecule has 0 aliphatic heterocycles. The van der Waals surface area contributed by atoms with Crippen LogP contribution in [0.1, 0.15) is 16.1 Å². The van der Waals surface area contributed by atoms with Gasteiger partial charge < -0.3 is 15.6 Å². The van der Waals surface area contributed by atoms with Crippen LogP contribution in [0, 0.1) is 0 Å². The number of rotatable bonds is 4. The second-order valence-corrected chi connectivity index (χ2v) is 5.53. The number of anilines is 1. The van der Waals surface area contributed by atoms with E-state index in [4.69, 9.17) is 45.3 Å². The fourth-order valence-electron chi connectivity index (χ4n) is 1.66. The van der Waals surface area contributed by atoms with Gasteiger partial charge in [0.1, 0.15) is 16.5 Å². The molecule has 24 heavy (non-hydrogen) atoms. The first-order valence-electron chi connectivity index (χ1n) is 6.35. The fourth-order valence-corrected chi connectivity index (χ4v) is 2.25. The lowest BCUT2D eigenvalue weighted by Crippen LogP contribution is -2.20. The van der Waals surface area contributed by atoms with Crippen molar-refractivity contribution in [2.75, 3.05) is 12.8 Å². The molecule has 0 atom stereocenters. The van der Waals surface area contributed by atoms with Crippen molar-refractivity contribution >= 4 is 52.6 Å². The number of hydrogen-bond donors (Lipinski definition) is 3. The maximum atomic E-state index is 12.1. The summed E-state index contributed by atoms with van der Waals surface area (Å²) in [5.41, 5.74) is 7.89. The molecule has 0 bridgehead atoms. The molecule has 1 heterocycles. The van der Waals surface area contributed by atoms with Crippen LogP contribution in [0.5, 0.6) is 11.5 Å². The third kappa shape index (κ3) is 3.81. The van der Waals surface area contributed by atoms with Crippen LogP contribution < -0.4 is 15.9 Å². The number of halogens is 3. The molecule has 1 aromatic heterocycles. The molecule has 1 aromatic carbocycles. The number of carbonyl (C=O) groups excluding carboxylic acids is 1. The summed E-state index contributed by atoms with van der Waals surface area (Å²) in [5.74, 6) is -0.268. The summed E-state index contributed by atoms with van der Waals surface area (Å²) in [4.78, 5) is 15.8. The maximum Gasteiger partial charge on any atom is 0.291 e. The Bertz CT molecular complexity index is 827. The minimum absolute atomic E-state index is 0.0382. The molecular weight excluding hydrogens is 379 g/mol. The molecule has 0 fully saturated rings. The highest BCUT2D eigenvalue weighted by molar-refractivity contribution is 6.46. The number of aromatic nitrogens is 1. The van der Waals surface area contributed by atoms with Gasteiger partial charge in [0, 0.05) is 5.56 Å². The maximum absolute atomic E-state index is 12.1. The lowest BCUT2D eigenvalue weighted by molar-refractivity contribution is 0.0950. The highest BCUT2D eigenvalue weighted by Crippen LogP contribution is 2.34. The predicted molar refractivity (Wildman–Crippen MR) is 93.4 cm³/mol. The molecule has 2 aromatic rings. The van der Waals surface area contributed by atoms with Crippen molar-refractivity contribution in [2.24, 2.45) is 5.10 Å². The van der Waals surface area contributed by atoms with Crippen molar-refractivity contribution in [1.82, 2.24) is 10.4 Å². The monoisotopic (exact) mass is 388 g/mol. The first-order valence-corrected chi connectivity index (χ1v) is 7.49. The van der Waals surface area contributed by atoms with Gasteiger partial charge in [-0.1, -0.05) is 34.8 Å². The van der Waals surface area contributed by atoms with Gasteiger partial charge in [-0.15, -0.1) is 0 Å². The van der Waals surface area contributed by atoms with Gasteiger partial charge in [-0.3, -0.25) is 4.79 Å². The topological polar surface area (TPSA) is 110 Å². The Hall–Kier alpha value is -2.22. The van der Waals surface area contributed by atoms with Gasteiger partial charge in [0.2, 0.25) is 0 Å². The number of carbonyl (C=O) groups is 1. The SMILES string of the molecule is COc1ccc(O)c(/C=N/NC(=O)c2nc(Cl)c(Cl)c(N)c2Cl)c1. The molecule has 0 saturated carbocycles. The molecule has 126 valence electrons. The number of phenols is 1. The first kappa shape index (κ1) is 18.1. The Labute approximate surface area is 152 Å². The van der Waals surface area contributed by atoms with Crippen molar-refractivity contribution in [3.63, 3.8) is 0 Å². The second kappa shape index (κ2) is 7.57. The van der Waals surface area contributed by atoms with E-state index in [9.17, 15) is 9.90 Å². The van der Waals surface area contributed by atoms with Crippen LogP contribution in [-0.4, -0.2) is 29.3 Å². The summed E-state index contributed by atoms with van der Waals surface area (Å²) in [6.07, 6.45) is 1.23. The Balaban J connectivity index is 2.20. The van der Waals surface area contributed by atoms with E-state index in [2.05, 4.69) is 15.5 Å². The molecule has 1 amide bonds. The Morgan fingerprint density at radius 1 is 1.38 bits per heavy atom. The molecule has 0 aliphatic rings. The summed E-state index contributed by atoms with van der Waals surface area (Å²) in [6.45, 7) is 0. The Morgan fingerprint density at radius 3 is 2.75 bits per heavy atom. The lowest BCUT2D eigenvalue weighted by Gasteiger charge is -2.07. The van der Waals surface area contributed by atoms with Gasteiger partial charge in [0.05, 0.1) is 24.0 Å². The second-order valence-electron chi connectivity index (χ2n) is 4.42.